The first kappa shape index (κ1) is 32.6. The van der Waals surface area contributed by atoms with Gasteiger partial charge in [-0.05, 0) is 119 Å². The van der Waals surface area contributed by atoms with E-state index in [1.165, 1.54) is 77.0 Å². The van der Waals surface area contributed by atoms with Gasteiger partial charge in [-0.3, -0.25) is 0 Å². The van der Waals surface area contributed by atoms with Gasteiger partial charge < -0.3 is 8.83 Å². The highest BCUT2D eigenvalue weighted by Gasteiger charge is 2.36. The molecule has 0 radical (unpaired) electrons. The van der Waals surface area contributed by atoms with E-state index in [4.69, 9.17) is 8.83 Å². The molecule has 0 aliphatic heterocycles. The van der Waals surface area contributed by atoms with Crippen molar-refractivity contribution in [2.75, 3.05) is 0 Å². The molecule has 0 saturated heterocycles. The Morgan fingerprint density at radius 1 is 0.322 bits per heavy atom. The van der Waals surface area contributed by atoms with Crippen LogP contribution >= 0.6 is 0 Å². The Kier molecular flexibility index (Phi) is 6.54. The fourth-order valence-electron chi connectivity index (χ4n) is 10.4. The van der Waals surface area contributed by atoms with E-state index in [-0.39, 0.29) is 5.41 Å². The average Bonchev–Trinajstić information content (AvgIpc) is 3.90. The van der Waals surface area contributed by atoms with E-state index < -0.39 is 0 Å². The maximum Gasteiger partial charge on any atom is 0.143 e. The molecule has 0 amide bonds. The molecule has 0 unspecified atom stereocenters. The van der Waals surface area contributed by atoms with Crippen LogP contribution in [0.25, 0.3) is 121 Å². The van der Waals surface area contributed by atoms with Crippen molar-refractivity contribution in [2.45, 2.75) is 19.3 Å². The van der Waals surface area contributed by atoms with Crippen molar-refractivity contribution in [2.24, 2.45) is 0 Å². The summed E-state index contributed by atoms with van der Waals surface area (Å²) in [4.78, 5) is 0. The molecule has 2 aromatic heterocycles. The molecule has 276 valence electrons. The molecule has 2 nitrogen and oxygen atoms in total. The van der Waals surface area contributed by atoms with Gasteiger partial charge in [0.05, 0.1) is 0 Å². The molecule has 13 rings (SSSR count). The van der Waals surface area contributed by atoms with Crippen LogP contribution < -0.4 is 0 Å². The van der Waals surface area contributed by atoms with Crippen molar-refractivity contribution in [1.29, 1.82) is 0 Å². The summed E-state index contributed by atoms with van der Waals surface area (Å²) in [7, 11) is 0. The van der Waals surface area contributed by atoms with Crippen LogP contribution in [0, 0.1) is 0 Å². The zero-order chi connectivity index (χ0) is 39.0. The topological polar surface area (TPSA) is 26.3 Å². The molecule has 0 saturated carbocycles. The summed E-state index contributed by atoms with van der Waals surface area (Å²) in [5, 5.41) is 11.9. The number of hydrogen-bond acceptors (Lipinski definition) is 2. The maximum atomic E-state index is 6.58. The number of rotatable bonds is 3. The van der Waals surface area contributed by atoms with Gasteiger partial charge in [0.1, 0.15) is 22.3 Å². The highest BCUT2D eigenvalue weighted by Crippen LogP contribution is 2.52. The summed E-state index contributed by atoms with van der Waals surface area (Å²) < 4.78 is 13.1. The van der Waals surface area contributed by atoms with Crippen LogP contribution in [0.2, 0.25) is 0 Å². The first-order valence-corrected chi connectivity index (χ1v) is 20.5. The SMILES string of the molecule is CC1(C)c2ccc(-c3ccc4c(c3)oc3cc5oc6c7ccccc7ccc6c5cc34)cc2-c2ccc(-c3c4ccccc4c(-c4ccccc4)c4ccccc34)cc21. The number of fused-ring (bicyclic) bond motifs is 13. The van der Waals surface area contributed by atoms with E-state index in [0.717, 1.165) is 54.8 Å². The van der Waals surface area contributed by atoms with E-state index in [1.807, 2.05) is 0 Å². The molecule has 1 aliphatic carbocycles. The normalized spacial score (nSPS) is 13.4. The zero-order valence-corrected chi connectivity index (χ0v) is 32.6. The first-order chi connectivity index (χ1) is 29.0. The molecule has 12 aromatic rings. The molecular weight excluding hydrogens is 717 g/mol. The van der Waals surface area contributed by atoms with Gasteiger partial charge in [-0.2, -0.15) is 0 Å². The summed E-state index contributed by atoms with van der Waals surface area (Å²) in [6, 6.07) is 66.6. The van der Waals surface area contributed by atoms with E-state index in [9.17, 15) is 0 Å². The third-order valence-electron chi connectivity index (χ3n) is 13.2. The van der Waals surface area contributed by atoms with Gasteiger partial charge in [0.2, 0.25) is 0 Å². The lowest BCUT2D eigenvalue weighted by molar-refractivity contribution is 0.658. The standard InChI is InChI=1S/C57H36O2/c1-57(2)49-27-23-35(36-21-25-40-47-31-48-45-26-20-33-12-6-7-15-38(33)56(45)59-53(48)32-52(47)58-51(40)30-36)28-46(49)39-24-22-37(29-50(39)57)55-43-18-10-8-16-41(43)54(34-13-4-3-5-14-34)42-17-9-11-19-44(42)55/h3-32H,1-2H3. The predicted molar refractivity (Wildman–Crippen MR) is 247 cm³/mol. The van der Waals surface area contributed by atoms with Gasteiger partial charge in [-0.15, -0.1) is 0 Å². The van der Waals surface area contributed by atoms with E-state index in [0.29, 0.717) is 0 Å². The molecule has 0 N–H and O–H groups in total. The van der Waals surface area contributed by atoms with Gasteiger partial charge >= 0.3 is 0 Å². The van der Waals surface area contributed by atoms with Crippen LogP contribution in [0.1, 0.15) is 25.0 Å². The van der Waals surface area contributed by atoms with Crippen molar-refractivity contribution in [3.63, 3.8) is 0 Å². The monoisotopic (exact) mass is 752 g/mol. The molecule has 59 heavy (non-hydrogen) atoms. The molecule has 2 heterocycles. The summed E-state index contributed by atoms with van der Waals surface area (Å²) >= 11 is 0. The van der Waals surface area contributed by atoms with Crippen LogP contribution in [-0.2, 0) is 5.41 Å². The van der Waals surface area contributed by atoms with Crippen molar-refractivity contribution in [3.8, 4) is 44.5 Å². The van der Waals surface area contributed by atoms with Gasteiger partial charge in [0, 0.05) is 38.4 Å². The van der Waals surface area contributed by atoms with Gasteiger partial charge in [0.25, 0.3) is 0 Å². The molecule has 0 bridgehead atoms. The lowest BCUT2D eigenvalue weighted by Crippen LogP contribution is -2.15. The predicted octanol–water partition coefficient (Wildman–Crippen LogP) is 16.3. The third-order valence-corrected chi connectivity index (χ3v) is 13.2. The second-order valence-corrected chi connectivity index (χ2v) is 16.8. The quantitative estimate of drug-likeness (QED) is 0.168. The van der Waals surface area contributed by atoms with Crippen LogP contribution in [0.15, 0.2) is 191 Å². The van der Waals surface area contributed by atoms with Crippen molar-refractivity contribution < 1.29 is 8.83 Å². The molecule has 10 aromatic carbocycles. The number of furan rings is 2. The Morgan fingerprint density at radius 3 is 1.66 bits per heavy atom. The van der Waals surface area contributed by atoms with Gasteiger partial charge in [0.15, 0.2) is 0 Å². The van der Waals surface area contributed by atoms with Crippen LogP contribution in [0.5, 0.6) is 0 Å². The minimum Gasteiger partial charge on any atom is -0.456 e. The van der Waals surface area contributed by atoms with Gasteiger partial charge in [-0.1, -0.05) is 153 Å². The lowest BCUT2D eigenvalue weighted by atomic mass is 9.80. The Balaban J connectivity index is 0.923. The molecule has 2 heteroatoms. The zero-order valence-electron chi connectivity index (χ0n) is 32.6. The molecule has 1 aliphatic rings. The van der Waals surface area contributed by atoms with Gasteiger partial charge in [-0.25, -0.2) is 0 Å². The van der Waals surface area contributed by atoms with Crippen LogP contribution in [0.4, 0.5) is 0 Å². The van der Waals surface area contributed by atoms with Crippen molar-refractivity contribution >= 4 is 76.2 Å². The minimum absolute atomic E-state index is 0.162. The third kappa shape index (κ3) is 4.57. The second-order valence-electron chi connectivity index (χ2n) is 16.8. The largest absolute Gasteiger partial charge is 0.456 e. The fraction of sp³-hybridized carbons (Fsp3) is 0.0526. The van der Waals surface area contributed by atoms with E-state index in [2.05, 4.69) is 196 Å². The number of hydrogen-bond donors (Lipinski definition) is 0. The first-order valence-electron chi connectivity index (χ1n) is 20.5. The molecule has 0 fully saturated rings. The number of benzene rings is 10. The summed E-state index contributed by atoms with van der Waals surface area (Å²) in [5.41, 5.74) is 16.0. The Bertz CT molecular complexity index is 3690. The molecule has 0 spiro atoms. The minimum atomic E-state index is -0.162. The Morgan fingerprint density at radius 2 is 0.898 bits per heavy atom. The van der Waals surface area contributed by atoms with Crippen LogP contribution in [-0.4, -0.2) is 0 Å². The van der Waals surface area contributed by atoms with Crippen molar-refractivity contribution in [3.05, 3.63) is 193 Å². The van der Waals surface area contributed by atoms with Crippen LogP contribution in [0.3, 0.4) is 0 Å². The molecule has 0 atom stereocenters. The highest BCUT2D eigenvalue weighted by molar-refractivity contribution is 6.22. The maximum absolute atomic E-state index is 6.58. The summed E-state index contributed by atoms with van der Waals surface area (Å²) in [5.74, 6) is 0. The Labute approximate surface area is 340 Å². The average molecular weight is 753 g/mol. The highest BCUT2D eigenvalue weighted by atomic mass is 16.3. The smallest absolute Gasteiger partial charge is 0.143 e. The van der Waals surface area contributed by atoms with E-state index in [1.54, 1.807) is 0 Å². The second kappa shape index (κ2) is 11.8. The summed E-state index contributed by atoms with van der Waals surface area (Å²) in [6.45, 7) is 4.75. The lowest BCUT2D eigenvalue weighted by Gasteiger charge is -2.23. The van der Waals surface area contributed by atoms with E-state index >= 15 is 0 Å². The molecular formula is C57H36O2. The summed E-state index contributed by atoms with van der Waals surface area (Å²) in [6.07, 6.45) is 0. The fourth-order valence-corrected chi connectivity index (χ4v) is 10.4. The van der Waals surface area contributed by atoms with Crippen molar-refractivity contribution in [1.82, 2.24) is 0 Å². The Hall–Kier alpha value is -7.42.